The number of ether oxygens (including phenoxy) is 2. The minimum absolute atomic E-state index is 0. The van der Waals surface area contributed by atoms with Crippen LogP contribution in [-0.2, 0) is 25.8 Å². The molecule has 1 aliphatic heterocycles. The molecule has 0 saturated heterocycles. The molecule has 0 aliphatic carbocycles. The van der Waals surface area contributed by atoms with E-state index in [1.165, 1.54) is 0 Å². The van der Waals surface area contributed by atoms with Crippen molar-refractivity contribution in [1.82, 2.24) is 14.5 Å². The fourth-order valence-electron chi connectivity index (χ4n) is 7.77. The molecular formula is C47H29N3O2Pd. The van der Waals surface area contributed by atoms with Crippen LogP contribution in [0.15, 0.2) is 176 Å². The number of hydrogen-bond acceptors (Lipinski definition) is 4. The average molecular weight is 774 g/mol. The van der Waals surface area contributed by atoms with Crippen LogP contribution in [0.2, 0.25) is 0 Å². The van der Waals surface area contributed by atoms with Gasteiger partial charge in [0.15, 0.2) is 0 Å². The fraction of sp³-hybridized carbons (Fsp3) is 0.0213. The number of benzene rings is 6. The van der Waals surface area contributed by atoms with Gasteiger partial charge in [-0.15, -0.1) is 41.3 Å². The maximum atomic E-state index is 6.84. The molecule has 9 aromatic rings. The van der Waals surface area contributed by atoms with Gasteiger partial charge in [0.1, 0.15) is 17.3 Å². The van der Waals surface area contributed by atoms with Gasteiger partial charge in [0, 0.05) is 40.5 Å². The van der Waals surface area contributed by atoms with Crippen LogP contribution in [0.4, 0.5) is 0 Å². The normalized spacial score (nSPS) is 12.7. The number of hydrogen-bond donors (Lipinski definition) is 0. The predicted molar refractivity (Wildman–Crippen MR) is 204 cm³/mol. The maximum Gasteiger partial charge on any atom is 2.00 e. The molecule has 0 unspecified atom stereocenters. The Hall–Kier alpha value is -6.32. The van der Waals surface area contributed by atoms with E-state index >= 15 is 0 Å². The number of rotatable bonds is 6. The Balaban J connectivity index is 0.00000372. The van der Waals surface area contributed by atoms with Crippen molar-refractivity contribution in [2.45, 2.75) is 5.41 Å². The second-order valence-corrected chi connectivity index (χ2v) is 12.8. The Kier molecular flexibility index (Phi) is 8.20. The van der Waals surface area contributed by atoms with E-state index in [4.69, 9.17) is 14.5 Å². The van der Waals surface area contributed by atoms with Gasteiger partial charge in [-0.2, -0.15) is 6.07 Å². The minimum Gasteiger partial charge on any atom is -0.503 e. The number of aromatic nitrogens is 3. The van der Waals surface area contributed by atoms with Crippen molar-refractivity contribution in [2.24, 2.45) is 0 Å². The SMILES string of the molecule is [Pd+2].[c-]1c(Oc2[c-]c3c(cc2)c2ccc4c(c2n3-c2ccccn2)C(c2ccccc2)(c2ccccc2)c2ccccc2O4)cccc1-c1ccccn1. The van der Waals surface area contributed by atoms with Crippen molar-refractivity contribution >= 4 is 21.8 Å². The summed E-state index contributed by atoms with van der Waals surface area (Å²) in [5.74, 6) is 3.52. The van der Waals surface area contributed by atoms with Crippen LogP contribution in [0.5, 0.6) is 23.0 Å². The summed E-state index contributed by atoms with van der Waals surface area (Å²) in [4.78, 5) is 9.41. The first-order valence-corrected chi connectivity index (χ1v) is 17.2. The third-order valence-electron chi connectivity index (χ3n) is 9.88. The minimum atomic E-state index is -0.729. The fourth-order valence-corrected chi connectivity index (χ4v) is 7.77. The second kappa shape index (κ2) is 13.3. The molecule has 0 fully saturated rings. The van der Waals surface area contributed by atoms with Crippen LogP contribution in [-0.4, -0.2) is 14.5 Å². The molecule has 254 valence electrons. The van der Waals surface area contributed by atoms with E-state index in [-0.39, 0.29) is 20.4 Å². The van der Waals surface area contributed by atoms with Crippen LogP contribution in [0.25, 0.3) is 38.9 Å². The molecule has 3 aromatic heterocycles. The zero-order valence-corrected chi connectivity index (χ0v) is 29.8. The number of para-hydroxylation sites is 1. The van der Waals surface area contributed by atoms with Gasteiger partial charge in [0.25, 0.3) is 0 Å². The molecule has 6 heteroatoms. The standard InChI is InChI=1S/C47H29N3O2.Pd/c1-3-15-33(16-4-1)47(34-17-5-2-6-18-34)39-20-7-8-22-42(39)52-43-27-26-38-37-25-24-36(51-35-19-13-14-32(30-35)40-21-9-11-28-48-40)31-41(37)50(46(38)45(43)47)44-23-10-12-29-49-44;/h1-29H;/q-2;+2. The molecule has 0 spiro atoms. The van der Waals surface area contributed by atoms with E-state index in [1.807, 2.05) is 72.9 Å². The van der Waals surface area contributed by atoms with E-state index < -0.39 is 5.41 Å². The third-order valence-corrected chi connectivity index (χ3v) is 9.88. The topological polar surface area (TPSA) is 49.2 Å². The second-order valence-electron chi connectivity index (χ2n) is 12.8. The molecule has 0 bridgehead atoms. The zero-order valence-electron chi connectivity index (χ0n) is 28.2. The van der Waals surface area contributed by atoms with Gasteiger partial charge in [-0.05, 0) is 52.5 Å². The van der Waals surface area contributed by atoms with Gasteiger partial charge < -0.3 is 19.0 Å². The van der Waals surface area contributed by atoms with E-state index in [2.05, 4.69) is 119 Å². The van der Waals surface area contributed by atoms with Crippen LogP contribution in [0.1, 0.15) is 22.3 Å². The average Bonchev–Trinajstić information content (AvgIpc) is 3.55. The monoisotopic (exact) mass is 773 g/mol. The Morgan fingerprint density at radius 1 is 0.547 bits per heavy atom. The summed E-state index contributed by atoms with van der Waals surface area (Å²) in [6, 6.07) is 62.9. The number of nitrogens with zero attached hydrogens (tertiary/aromatic N) is 3. The van der Waals surface area contributed by atoms with Crippen LogP contribution < -0.4 is 9.47 Å². The van der Waals surface area contributed by atoms with Crippen LogP contribution in [0, 0.1) is 12.1 Å². The summed E-state index contributed by atoms with van der Waals surface area (Å²) in [7, 11) is 0. The summed E-state index contributed by atoms with van der Waals surface area (Å²) >= 11 is 0. The maximum absolute atomic E-state index is 6.84. The molecule has 53 heavy (non-hydrogen) atoms. The Bertz CT molecular complexity index is 2690. The summed E-state index contributed by atoms with van der Waals surface area (Å²) < 4.78 is 15.5. The smallest absolute Gasteiger partial charge is 0.503 e. The largest absolute Gasteiger partial charge is 2.00 e. The summed E-state index contributed by atoms with van der Waals surface area (Å²) in [6.45, 7) is 0. The molecular weight excluding hydrogens is 745 g/mol. The molecule has 0 N–H and O–H groups in total. The zero-order chi connectivity index (χ0) is 34.5. The van der Waals surface area contributed by atoms with E-state index in [9.17, 15) is 0 Å². The third kappa shape index (κ3) is 5.26. The summed E-state index contributed by atoms with van der Waals surface area (Å²) in [6.07, 6.45) is 3.61. The van der Waals surface area contributed by atoms with Crippen molar-refractivity contribution in [3.8, 4) is 40.1 Å². The number of fused-ring (bicyclic) bond motifs is 6. The predicted octanol–water partition coefficient (Wildman–Crippen LogP) is 11.1. The molecule has 0 saturated carbocycles. The van der Waals surface area contributed by atoms with Crippen molar-refractivity contribution in [3.05, 3.63) is 211 Å². The molecule has 0 atom stereocenters. The molecule has 5 nitrogen and oxygen atoms in total. The summed E-state index contributed by atoms with van der Waals surface area (Å²) in [5.41, 5.74) is 7.17. The Morgan fingerprint density at radius 3 is 1.96 bits per heavy atom. The first kappa shape index (κ1) is 32.6. The van der Waals surface area contributed by atoms with Gasteiger partial charge >= 0.3 is 20.4 Å². The van der Waals surface area contributed by atoms with Crippen LogP contribution >= 0.6 is 0 Å². The molecule has 0 amide bonds. The van der Waals surface area contributed by atoms with Crippen LogP contribution in [0.3, 0.4) is 0 Å². The molecule has 1 aliphatic rings. The molecule has 0 radical (unpaired) electrons. The molecule has 10 rings (SSSR count). The van der Waals surface area contributed by atoms with E-state index in [0.29, 0.717) is 11.5 Å². The Morgan fingerprint density at radius 2 is 1.23 bits per heavy atom. The van der Waals surface area contributed by atoms with Crippen molar-refractivity contribution < 1.29 is 29.9 Å². The Labute approximate surface area is 320 Å². The van der Waals surface area contributed by atoms with Gasteiger partial charge in [0.05, 0.1) is 5.41 Å². The van der Waals surface area contributed by atoms with Crippen molar-refractivity contribution in [1.29, 1.82) is 0 Å². The van der Waals surface area contributed by atoms with Gasteiger partial charge in [-0.1, -0.05) is 115 Å². The molecule has 6 aromatic carbocycles. The van der Waals surface area contributed by atoms with E-state index in [0.717, 1.165) is 72.6 Å². The van der Waals surface area contributed by atoms with Gasteiger partial charge in [-0.25, -0.2) is 4.98 Å². The van der Waals surface area contributed by atoms with Gasteiger partial charge in [-0.3, -0.25) is 0 Å². The first-order chi connectivity index (χ1) is 25.8. The quantitative estimate of drug-likeness (QED) is 0.125. The van der Waals surface area contributed by atoms with Crippen molar-refractivity contribution in [2.75, 3.05) is 0 Å². The van der Waals surface area contributed by atoms with E-state index in [1.54, 1.807) is 6.20 Å². The first-order valence-electron chi connectivity index (χ1n) is 17.2. The number of pyridine rings is 2. The molecule has 4 heterocycles. The van der Waals surface area contributed by atoms with Gasteiger partial charge in [0.2, 0.25) is 0 Å². The summed E-state index contributed by atoms with van der Waals surface area (Å²) in [5, 5.41) is 2.08. The van der Waals surface area contributed by atoms with Crippen molar-refractivity contribution in [3.63, 3.8) is 0 Å².